The molecule has 0 aromatic carbocycles. The fourth-order valence-electron chi connectivity index (χ4n) is 1.82. The Bertz CT molecular complexity index is 574. The lowest BCUT2D eigenvalue weighted by Gasteiger charge is -2.07. The average Bonchev–Trinajstić information content (AvgIpc) is 2.93. The minimum atomic E-state index is -0.130. The van der Waals surface area contributed by atoms with Gasteiger partial charge in [-0.3, -0.25) is 4.79 Å². The molecule has 1 amide bonds. The van der Waals surface area contributed by atoms with E-state index >= 15 is 0 Å². The van der Waals surface area contributed by atoms with Gasteiger partial charge in [-0.1, -0.05) is 6.92 Å². The molecule has 6 heteroatoms. The average molecular weight is 326 g/mol. The lowest BCUT2D eigenvalue weighted by atomic mass is 10.3. The molecule has 2 aromatic rings. The molecule has 0 fully saturated rings. The molecule has 0 aliphatic heterocycles. The monoisotopic (exact) mass is 325 g/mol. The van der Waals surface area contributed by atoms with Crippen molar-refractivity contribution >= 4 is 21.8 Å². The standard InChI is InChI=1S/C13H16BrN3O2/c1-3-4-17-8-10(14)5-11(17)13(18)16-7-12-15-6-9(2)19-12/h5-6,8H,3-4,7H2,1-2H3,(H,16,18). The molecule has 0 atom stereocenters. The van der Waals surface area contributed by atoms with Crippen molar-refractivity contribution in [1.82, 2.24) is 14.9 Å². The molecule has 0 bridgehead atoms. The third kappa shape index (κ3) is 3.47. The number of nitrogens with zero attached hydrogens (tertiary/aromatic N) is 2. The molecule has 0 aliphatic rings. The molecule has 0 saturated heterocycles. The maximum atomic E-state index is 12.1. The number of amides is 1. The summed E-state index contributed by atoms with van der Waals surface area (Å²) in [6.45, 7) is 5.00. The summed E-state index contributed by atoms with van der Waals surface area (Å²) in [7, 11) is 0. The minimum Gasteiger partial charge on any atom is -0.444 e. The van der Waals surface area contributed by atoms with E-state index in [0.29, 0.717) is 18.1 Å². The predicted octanol–water partition coefficient (Wildman–Crippen LogP) is 2.89. The van der Waals surface area contributed by atoms with Gasteiger partial charge < -0.3 is 14.3 Å². The van der Waals surface area contributed by atoms with Gasteiger partial charge in [0.15, 0.2) is 0 Å². The molecule has 2 rings (SSSR count). The summed E-state index contributed by atoms with van der Waals surface area (Å²) >= 11 is 3.39. The van der Waals surface area contributed by atoms with E-state index in [4.69, 9.17) is 4.42 Å². The molecule has 0 unspecified atom stereocenters. The van der Waals surface area contributed by atoms with Gasteiger partial charge in [0.1, 0.15) is 11.5 Å². The number of hydrogen-bond donors (Lipinski definition) is 1. The number of carbonyl (C=O) groups is 1. The van der Waals surface area contributed by atoms with Crippen LogP contribution in [0.3, 0.4) is 0 Å². The normalized spacial score (nSPS) is 10.7. The van der Waals surface area contributed by atoms with Crippen molar-refractivity contribution in [3.05, 3.63) is 40.3 Å². The molecule has 0 spiro atoms. The van der Waals surface area contributed by atoms with Crippen LogP contribution in [0.25, 0.3) is 0 Å². The van der Waals surface area contributed by atoms with Gasteiger partial charge in [-0.05, 0) is 35.3 Å². The van der Waals surface area contributed by atoms with E-state index < -0.39 is 0 Å². The highest BCUT2D eigenvalue weighted by Crippen LogP contribution is 2.15. The summed E-state index contributed by atoms with van der Waals surface area (Å²) in [5.74, 6) is 1.12. The van der Waals surface area contributed by atoms with Crippen LogP contribution in [0.15, 0.2) is 27.3 Å². The van der Waals surface area contributed by atoms with Crippen molar-refractivity contribution in [1.29, 1.82) is 0 Å². The highest BCUT2D eigenvalue weighted by atomic mass is 79.9. The van der Waals surface area contributed by atoms with Gasteiger partial charge in [0.2, 0.25) is 5.89 Å². The van der Waals surface area contributed by atoms with Crippen LogP contribution in [0.1, 0.15) is 35.5 Å². The van der Waals surface area contributed by atoms with Crippen LogP contribution in [0, 0.1) is 6.92 Å². The van der Waals surface area contributed by atoms with Crippen LogP contribution in [0.4, 0.5) is 0 Å². The smallest absolute Gasteiger partial charge is 0.268 e. The van der Waals surface area contributed by atoms with E-state index in [-0.39, 0.29) is 5.91 Å². The fourth-order valence-corrected chi connectivity index (χ4v) is 2.28. The fraction of sp³-hybridized carbons (Fsp3) is 0.385. The van der Waals surface area contributed by atoms with Gasteiger partial charge in [0, 0.05) is 17.2 Å². The number of aromatic nitrogens is 2. The van der Waals surface area contributed by atoms with E-state index in [2.05, 4.69) is 33.2 Å². The molecule has 1 N–H and O–H groups in total. The summed E-state index contributed by atoms with van der Waals surface area (Å²) < 4.78 is 8.14. The predicted molar refractivity (Wildman–Crippen MR) is 74.8 cm³/mol. The first-order valence-electron chi connectivity index (χ1n) is 6.15. The highest BCUT2D eigenvalue weighted by molar-refractivity contribution is 9.10. The van der Waals surface area contributed by atoms with E-state index in [9.17, 15) is 4.79 Å². The largest absolute Gasteiger partial charge is 0.444 e. The second kappa shape index (κ2) is 6.06. The number of nitrogens with one attached hydrogen (secondary N) is 1. The van der Waals surface area contributed by atoms with Gasteiger partial charge in [-0.2, -0.15) is 0 Å². The van der Waals surface area contributed by atoms with Crippen molar-refractivity contribution < 1.29 is 9.21 Å². The molecule has 19 heavy (non-hydrogen) atoms. The van der Waals surface area contributed by atoms with Gasteiger partial charge in [-0.25, -0.2) is 4.98 Å². The number of carbonyl (C=O) groups excluding carboxylic acids is 1. The topological polar surface area (TPSA) is 60.1 Å². The molecule has 0 saturated carbocycles. The summed E-state index contributed by atoms with van der Waals surface area (Å²) in [4.78, 5) is 16.2. The first-order chi connectivity index (χ1) is 9.10. The second-order valence-electron chi connectivity index (χ2n) is 4.28. The molecule has 0 radical (unpaired) electrons. The summed E-state index contributed by atoms with van der Waals surface area (Å²) in [5, 5.41) is 2.80. The van der Waals surface area contributed by atoms with Crippen LogP contribution in [-0.2, 0) is 13.1 Å². The van der Waals surface area contributed by atoms with E-state index in [1.54, 1.807) is 6.20 Å². The van der Waals surface area contributed by atoms with Gasteiger partial charge >= 0.3 is 0 Å². The maximum Gasteiger partial charge on any atom is 0.268 e. The number of rotatable bonds is 5. The van der Waals surface area contributed by atoms with E-state index in [0.717, 1.165) is 23.2 Å². The Morgan fingerprint density at radius 2 is 2.37 bits per heavy atom. The SMILES string of the molecule is CCCn1cc(Br)cc1C(=O)NCc1ncc(C)o1. The van der Waals surface area contributed by atoms with Crippen molar-refractivity contribution in [2.75, 3.05) is 0 Å². The summed E-state index contributed by atoms with van der Waals surface area (Å²) in [6.07, 6.45) is 4.52. The van der Waals surface area contributed by atoms with Crippen LogP contribution in [0.2, 0.25) is 0 Å². The number of halogens is 1. The summed E-state index contributed by atoms with van der Waals surface area (Å²) in [6, 6.07) is 1.81. The van der Waals surface area contributed by atoms with Gasteiger partial charge in [0.25, 0.3) is 5.91 Å². The maximum absolute atomic E-state index is 12.1. The van der Waals surface area contributed by atoms with Crippen molar-refractivity contribution in [3.8, 4) is 0 Å². The van der Waals surface area contributed by atoms with Crippen molar-refractivity contribution in [3.63, 3.8) is 0 Å². The zero-order valence-corrected chi connectivity index (χ0v) is 12.5. The lowest BCUT2D eigenvalue weighted by molar-refractivity contribution is 0.0937. The number of hydrogen-bond acceptors (Lipinski definition) is 3. The Morgan fingerprint density at radius 1 is 1.58 bits per heavy atom. The quantitative estimate of drug-likeness (QED) is 0.919. The van der Waals surface area contributed by atoms with Crippen molar-refractivity contribution in [2.45, 2.75) is 33.4 Å². The van der Waals surface area contributed by atoms with E-state index in [1.807, 2.05) is 23.8 Å². The third-order valence-corrected chi connectivity index (χ3v) is 3.06. The zero-order valence-electron chi connectivity index (χ0n) is 10.9. The first-order valence-corrected chi connectivity index (χ1v) is 6.94. The van der Waals surface area contributed by atoms with Gasteiger partial charge in [-0.15, -0.1) is 0 Å². The molecule has 0 aliphatic carbocycles. The van der Waals surface area contributed by atoms with Crippen molar-refractivity contribution in [2.24, 2.45) is 0 Å². The Morgan fingerprint density at radius 3 is 3.00 bits per heavy atom. The summed E-state index contributed by atoms with van der Waals surface area (Å²) in [5.41, 5.74) is 0.636. The third-order valence-electron chi connectivity index (χ3n) is 2.63. The molecule has 2 heterocycles. The van der Waals surface area contributed by atoms with Crippen LogP contribution in [-0.4, -0.2) is 15.5 Å². The highest BCUT2D eigenvalue weighted by Gasteiger charge is 2.13. The Balaban J connectivity index is 2.03. The number of oxazole rings is 1. The van der Waals surface area contributed by atoms with Crippen LogP contribution >= 0.6 is 15.9 Å². The van der Waals surface area contributed by atoms with E-state index in [1.165, 1.54) is 0 Å². The molecular weight excluding hydrogens is 310 g/mol. The number of aryl methyl sites for hydroxylation is 2. The minimum absolute atomic E-state index is 0.130. The second-order valence-corrected chi connectivity index (χ2v) is 5.20. The molecule has 5 nitrogen and oxygen atoms in total. The molecule has 2 aromatic heterocycles. The molecule has 102 valence electrons. The molecular formula is C13H16BrN3O2. The Labute approximate surface area is 120 Å². The van der Waals surface area contributed by atoms with Crippen LogP contribution < -0.4 is 5.32 Å². The lowest BCUT2D eigenvalue weighted by Crippen LogP contribution is -2.25. The Hall–Kier alpha value is -1.56. The zero-order chi connectivity index (χ0) is 13.8. The Kier molecular flexibility index (Phi) is 4.42. The van der Waals surface area contributed by atoms with Crippen LogP contribution in [0.5, 0.6) is 0 Å². The first kappa shape index (κ1) is 13.9. The van der Waals surface area contributed by atoms with Gasteiger partial charge in [0.05, 0.1) is 12.7 Å².